The van der Waals surface area contributed by atoms with Gasteiger partial charge in [0.1, 0.15) is 6.10 Å². The maximum absolute atomic E-state index is 13.4. The van der Waals surface area contributed by atoms with Crippen molar-refractivity contribution >= 4 is 6.09 Å². The standard InChI is InChI=1S/C11H11F2NO3/c1-14-11(15)17-8-4-5-16-10-6(8)2-3-7(12)9(10)13/h2-3,8H,4-5H2,1H3,(H,14,15)/t8-/m0/s1. The van der Waals surface area contributed by atoms with E-state index in [2.05, 4.69) is 5.32 Å². The van der Waals surface area contributed by atoms with Crippen molar-refractivity contribution in [2.24, 2.45) is 0 Å². The van der Waals surface area contributed by atoms with Crippen LogP contribution in [0, 0.1) is 11.6 Å². The van der Waals surface area contributed by atoms with Crippen LogP contribution in [-0.4, -0.2) is 19.7 Å². The Morgan fingerprint density at radius 2 is 2.29 bits per heavy atom. The van der Waals surface area contributed by atoms with E-state index in [0.717, 1.165) is 6.07 Å². The number of ether oxygens (including phenoxy) is 2. The maximum atomic E-state index is 13.4. The van der Waals surface area contributed by atoms with Gasteiger partial charge in [0.15, 0.2) is 11.6 Å². The van der Waals surface area contributed by atoms with Gasteiger partial charge in [-0.25, -0.2) is 9.18 Å². The Balaban J connectivity index is 2.32. The molecule has 4 nitrogen and oxygen atoms in total. The Morgan fingerprint density at radius 3 is 3.00 bits per heavy atom. The Hall–Kier alpha value is -1.85. The summed E-state index contributed by atoms with van der Waals surface area (Å²) >= 11 is 0. The maximum Gasteiger partial charge on any atom is 0.407 e. The number of nitrogens with one attached hydrogen (secondary N) is 1. The average molecular weight is 243 g/mol. The SMILES string of the molecule is CNC(=O)O[C@H]1CCOc2c1ccc(F)c2F. The molecule has 0 aromatic heterocycles. The number of hydrogen-bond donors (Lipinski definition) is 1. The molecule has 2 rings (SSSR count). The third-order valence-corrected chi connectivity index (χ3v) is 2.51. The lowest BCUT2D eigenvalue weighted by Gasteiger charge is -2.25. The fourth-order valence-electron chi connectivity index (χ4n) is 1.68. The highest BCUT2D eigenvalue weighted by molar-refractivity contribution is 5.67. The van der Waals surface area contributed by atoms with E-state index >= 15 is 0 Å². The highest BCUT2D eigenvalue weighted by atomic mass is 19.2. The first-order valence-electron chi connectivity index (χ1n) is 5.12. The van der Waals surface area contributed by atoms with Gasteiger partial charge in [-0.05, 0) is 12.1 Å². The van der Waals surface area contributed by atoms with Crippen LogP contribution in [0.5, 0.6) is 5.75 Å². The van der Waals surface area contributed by atoms with Crippen molar-refractivity contribution in [1.29, 1.82) is 0 Å². The monoisotopic (exact) mass is 243 g/mol. The normalized spacial score (nSPS) is 17.9. The second kappa shape index (κ2) is 4.57. The predicted octanol–water partition coefficient (Wildman–Crippen LogP) is 2.14. The summed E-state index contributed by atoms with van der Waals surface area (Å²) in [7, 11) is 1.42. The highest BCUT2D eigenvalue weighted by Crippen LogP contribution is 2.37. The fraction of sp³-hybridized carbons (Fsp3) is 0.364. The lowest BCUT2D eigenvalue weighted by Crippen LogP contribution is -2.25. The van der Waals surface area contributed by atoms with Gasteiger partial charge in [-0.15, -0.1) is 0 Å². The molecule has 17 heavy (non-hydrogen) atoms. The van der Waals surface area contributed by atoms with Gasteiger partial charge in [0.2, 0.25) is 5.82 Å². The largest absolute Gasteiger partial charge is 0.490 e. The first-order valence-corrected chi connectivity index (χ1v) is 5.12. The molecular formula is C11H11F2NO3. The quantitative estimate of drug-likeness (QED) is 0.822. The number of alkyl carbamates (subject to hydrolysis) is 1. The zero-order valence-corrected chi connectivity index (χ0v) is 9.13. The van der Waals surface area contributed by atoms with Gasteiger partial charge in [0, 0.05) is 19.0 Å². The molecule has 1 aliphatic rings. The number of hydrogen-bond acceptors (Lipinski definition) is 3. The summed E-state index contributed by atoms with van der Waals surface area (Å²) in [6.07, 6.45) is -0.827. The molecule has 1 heterocycles. The first-order chi connectivity index (χ1) is 8.13. The van der Waals surface area contributed by atoms with Crippen LogP contribution < -0.4 is 10.1 Å². The van der Waals surface area contributed by atoms with Crippen LogP contribution in [0.1, 0.15) is 18.1 Å². The summed E-state index contributed by atoms with van der Waals surface area (Å²) in [6.45, 7) is 0.176. The number of rotatable bonds is 1. The Bertz CT molecular complexity index is 451. The van der Waals surface area contributed by atoms with Gasteiger partial charge in [-0.3, -0.25) is 0 Å². The van der Waals surface area contributed by atoms with Gasteiger partial charge >= 0.3 is 6.09 Å². The van der Waals surface area contributed by atoms with Crippen molar-refractivity contribution in [3.63, 3.8) is 0 Å². The second-order valence-electron chi connectivity index (χ2n) is 3.56. The van der Waals surface area contributed by atoms with Crippen LogP contribution in [0.15, 0.2) is 12.1 Å². The average Bonchev–Trinajstić information content (AvgIpc) is 2.34. The molecule has 6 heteroatoms. The minimum Gasteiger partial charge on any atom is -0.490 e. The number of benzene rings is 1. The molecule has 0 bridgehead atoms. The van der Waals surface area contributed by atoms with Crippen molar-refractivity contribution in [2.75, 3.05) is 13.7 Å². The molecule has 0 radical (unpaired) electrons. The summed E-state index contributed by atoms with van der Waals surface area (Å²) in [4.78, 5) is 11.1. The molecule has 1 N–H and O–H groups in total. The van der Waals surface area contributed by atoms with Crippen molar-refractivity contribution in [2.45, 2.75) is 12.5 Å². The lowest BCUT2D eigenvalue weighted by molar-refractivity contribution is 0.0691. The smallest absolute Gasteiger partial charge is 0.407 e. The molecule has 92 valence electrons. The Kier molecular flexibility index (Phi) is 3.12. The van der Waals surface area contributed by atoms with Crippen molar-refractivity contribution in [3.05, 3.63) is 29.3 Å². The van der Waals surface area contributed by atoms with E-state index in [1.165, 1.54) is 13.1 Å². The molecule has 1 aromatic rings. The summed E-state index contributed by atoms with van der Waals surface area (Å²) in [5.74, 6) is -2.21. The molecule has 0 spiro atoms. The van der Waals surface area contributed by atoms with Crippen LogP contribution in [0.2, 0.25) is 0 Å². The molecule has 0 fully saturated rings. The Labute approximate surface area is 96.5 Å². The highest BCUT2D eigenvalue weighted by Gasteiger charge is 2.28. The van der Waals surface area contributed by atoms with Crippen LogP contribution in [-0.2, 0) is 4.74 Å². The van der Waals surface area contributed by atoms with E-state index in [9.17, 15) is 13.6 Å². The number of halogens is 2. The number of amides is 1. The minimum atomic E-state index is -1.05. The fourth-order valence-corrected chi connectivity index (χ4v) is 1.68. The van der Waals surface area contributed by atoms with Gasteiger partial charge in [0.25, 0.3) is 0 Å². The molecule has 1 atom stereocenters. The van der Waals surface area contributed by atoms with Crippen LogP contribution in [0.25, 0.3) is 0 Å². The number of fused-ring (bicyclic) bond motifs is 1. The molecule has 1 aliphatic heterocycles. The van der Waals surface area contributed by atoms with Crippen LogP contribution >= 0.6 is 0 Å². The third-order valence-electron chi connectivity index (χ3n) is 2.51. The topological polar surface area (TPSA) is 47.6 Å². The van der Waals surface area contributed by atoms with Crippen LogP contribution in [0.4, 0.5) is 13.6 Å². The first kappa shape index (κ1) is 11.6. The minimum absolute atomic E-state index is 0.176. The zero-order chi connectivity index (χ0) is 12.4. The summed E-state index contributed by atoms with van der Waals surface area (Å²) in [5.41, 5.74) is 0.346. The van der Waals surface area contributed by atoms with Crippen molar-refractivity contribution in [3.8, 4) is 5.75 Å². The van der Waals surface area contributed by atoms with E-state index < -0.39 is 23.8 Å². The molecular weight excluding hydrogens is 232 g/mol. The van der Waals surface area contributed by atoms with Gasteiger partial charge in [0.05, 0.1) is 6.61 Å². The zero-order valence-electron chi connectivity index (χ0n) is 9.13. The predicted molar refractivity (Wildman–Crippen MR) is 54.8 cm³/mol. The van der Waals surface area contributed by atoms with E-state index in [1.54, 1.807) is 0 Å². The summed E-state index contributed by atoms with van der Waals surface area (Å²) in [6, 6.07) is 2.35. The van der Waals surface area contributed by atoms with Gasteiger partial charge < -0.3 is 14.8 Å². The number of carbonyl (C=O) groups is 1. The van der Waals surface area contributed by atoms with Crippen molar-refractivity contribution in [1.82, 2.24) is 5.32 Å². The second-order valence-corrected chi connectivity index (χ2v) is 3.56. The summed E-state index contributed by atoms with van der Waals surface area (Å²) in [5, 5.41) is 2.30. The van der Waals surface area contributed by atoms with Gasteiger partial charge in [-0.1, -0.05) is 0 Å². The van der Waals surface area contributed by atoms with E-state index in [4.69, 9.17) is 9.47 Å². The molecule has 0 unspecified atom stereocenters. The Morgan fingerprint density at radius 1 is 1.53 bits per heavy atom. The van der Waals surface area contributed by atoms with E-state index in [1.807, 2.05) is 0 Å². The third kappa shape index (κ3) is 2.15. The summed E-state index contributed by atoms with van der Waals surface area (Å²) < 4.78 is 36.5. The molecule has 0 saturated carbocycles. The van der Waals surface area contributed by atoms with Crippen molar-refractivity contribution < 1.29 is 23.0 Å². The number of carbonyl (C=O) groups excluding carboxylic acids is 1. The molecule has 1 amide bonds. The molecule has 0 aliphatic carbocycles. The van der Waals surface area contributed by atoms with Crippen LogP contribution in [0.3, 0.4) is 0 Å². The van der Waals surface area contributed by atoms with E-state index in [-0.39, 0.29) is 12.4 Å². The molecule has 1 aromatic carbocycles. The van der Waals surface area contributed by atoms with E-state index in [0.29, 0.717) is 12.0 Å². The molecule has 0 saturated heterocycles. The van der Waals surface area contributed by atoms with Gasteiger partial charge in [-0.2, -0.15) is 4.39 Å². The lowest BCUT2D eigenvalue weighted by atomic mass is 10.0.